The number of nitrogens with one attached hydrogen (secondary N) is 2. The number of hydrogen-bond acceptors (Lipinski definition) is 4. The van der Waals surface area contributed by atoms with E-state index in [-0.39, 0.29) is 11.9 Å². The lowest BCUT2D eigenvalue weighted by atomic mass is 10.2. The van der Waals surface area contributed by atoms with Crippen LogP contribution in [0.15, 0.2) is 73.1 Å². The molecule has 0 bridgehead atoms. The van der Waals surface area contributed by atoms with E-state index in [0.717, 1.165) is 27.8 Å². The summed E-state index contributed by atoms with van der Waals surface area (Å²) in [6.45, 7) is 0.575. The zero-order valence-corrected chi connectivity index (χ0v) is 16.0. The highest BCUT2D eigenvalue weighted by Crippen LogP contribution is 2.24. The molecule has 0 aliphatic carbocycles. The molecule has 1 aromatic heterocycles. The summed E-state index contributed by atoms with van der Waals surface area (Å²) >= 11 is 0. The zero-order chi connectivity index (χ0) is 20.2. The van der Waals surface area contributed by atoms with Crippen molar-refractivity contribution in [2.75, 3.05) is 18.9 Å². The SMILES string of the molecule is CN1C(=O)NC(CCNc2ccc(Oc3ccc(-n4cccc4)cc3)cc2)C1=O. The van der Waals surface area contributed by atoms with Crippen LogP contribution in [0.2, 0.25) is 0 Å². The van der Waals surface area contributed by atoms with E-state index in [1.54, 1.807) is 0 Å². The van der Waals surface area contributed by atoms with Crippen LogP contribution in [0.4, 0.5) is 10.5 Å². The predicted molar refractivity (Wildman–Crippen MR) is 110 cm³/mol. The van der Waals surface area contributed by atoms with E-state index in [1.807, 2.05) is 77.6 Å². The first-order chi connectivity index (χ1) is 14.1. The maximum Gasteiger partial charge on any atom is 0.324 e. The van der Waals surface area contributed by atoms with E-state index in [9.17, 15) is 9.59 Å². The Bertz CT molecular complexity index is 982. The van der Waals surface area contributed by atoms with Gasteiger partial charge in [-0.25, -0.2) is 4.79 Å². The molecule has 1 aliphatic rings. The lowest BCUT2D eigenvalue weighted by Crippen LogP contribution is -2.31. The van der Waals surface area contributed by atoms with Crippen LogP contribution in [0.25, 0.3) is 5.69 Å². The van der Waals surface area contributed by atoms with Gasteiger partial charge in [-0.1, -0.05) is 0 Å². The fourth-order valence-corrected chi connectivity index (χ4v) is 3.17. The van der Waals surface area contributed by atoms with Gasteiger partial charge in [0, 0.05) is 37.4 Å². The first-order valence-corrected chi connectivity index (χ1v) is 9.43. The quantitative estimate of drug-likeness (QED) is 0.604. The van der Waals surface area contributed by atoms with Crippen molar-refractivity contribution in [1.82, 2.24) is 14.8 Å². The lowest BCUT2D eigenvalue weighted by Gasteiger charge is -2.11. The molecule has 7 heteroatoms. The molecule has 1 atom stereocenters. The molecule has 2 aromatic carbocycles. The summed E-state index contributed by atoms with van der Waals surface area (Å²) in [7, 11) is 1.48. The number of hydrogen-bond donors (Lipinski definition) is 2. The van der Waals surface area contributed by atoms with Crippen molar-refractivity contribution in [3.05, 3.63) is 73.1 Å². The van der Waals surface area contributed by atoms with Gasteiger partial charge in [0.2, 0.25) is 0 Å². The van der Waals surface area contributed by atoms with Crippen molar-refractivity contribution < 1.29 is 14.3 Å². The van der Waals surface area contributed by atoms with Crippen LogP contribution < -0.4 is 15.4 Å². The van der Waals surface area contributed by atoms with Gasteiger partial charge in [0.1, 0.15) is 17.5 Å². The Labute approximate surface area is 168 Å². The molecule has 3 aromatic rings. The highest BCUT2D eigenvalue weighted by molar-refractivity contribution is 6.03. The average Bonchev–Trinajstić information content (AvgIpc) is 3.35. The number of aromatic nitrogens is 1. The van der Waals surface area contributed by atoms with Crippen LogP contribution in [0.3, 0.4) is 0 Å². The van der Waals surface area contributed by atoms with Crippen LogP contribution in [-0.2, 0) is 4.79 Å². The molecule has 0 spiro atoms. The molecule has 1 fully saturated rings. The largest absolute Gasteiger partial charge is 0.457 e. The average molecular weight is 390 g/mol. The predicted octanol–water partition coefficient (Wildman–Crippen LogP) is 3.62. The Morgan fingerprint density at radius 3 is 2.17 bits per heavy atom. The maximum atomic E-state index is 11.9. The van der Waals surface area contributed by atoms with Gasteiger partial charge in [0.05, 0.1) is 0 Å². The van der Waals surface area contributed by atoms with Crippen LogP contribution in [0.5, 0.6) is 11.5 Å². The fourth-order valence-electron chi connectivity index (χ4n) is 3.17. The number of benzene rings is 2. The second-order valence-corrected chi connectivity index (χ2v) is 6.83. The minimum atomic E-state index is -0.461. The molecule has 4 rings (SSSR count). The Balaban J connectivity index is 1.28. The third-order valence-corrected chi connectivity index (χ3v) is 4.82. The molecular formula is C22H22N4O3. The van der Waals surface area contributed by atoms with Gasteiger partial charge >= 0.3 is 6.03 Å². The van der Waals surface area contributed by atoms with E-state index in [4.69, 9.17) is 4.74 Å². The summed E-state index contributed by atoms with van der Waals surface area (Å²) in [5.74, 6) is 1.31. The Hall–Kier alpha value is -3.74. The fraction of sp³-hybridized carbons (Fsp3) is 0.182. The van der Waals surface area contributed by atoms with E-state index in [1.165, 1.54) is 7.05 Å². The summed E-state index contributed by atoms with van der Waals surface area (Å²) in [5.41, 5.74) is 2.00. The van der Waals surface area contributed by atoms with Gasteiger partial charge in [-0.15, -0.1) is 0 Å². The molecule has 0 radical (unpaired) electrons. The van der Waals surface area contributed by atoms with Crippen molar-refractivity contribution in [2.24, 2.45) is 0 Å². The van der Waals surface area contributed by atoms with Gasteiger partial charge in [-0.05, 0) is 67.1 Å². The van der Waals surface area contributed by atoms with Gasteiger partial charge in [0.15, 0.2) is 0 Å². The molecule has 2 heterocycles. The first kappa shape index (κ1) is 18.6. The number of carbonyl (C=O) groups excluding carboxylic acids is 2. The first-order valence-electron chi connectivity index (χ1n) is 9.43. The number of imide groups is 1. The molecule has 0 saturated carbocycles. The number of rotatable bonds is 7. The zero-order valence-electron chi connectivity index (χ0n) is 16.0. The summed E-state index contributed by atoms with van der Waals surface area (Å²) in [4.78, 5) is 24.4. The molecule has 1 unspecified atom stereocenters. The summed E-state index contributed by atoms with van der Waals surface area (Å²) in [6, 6.07) is 18.7. The number of anilines is 1. The van der Waals surface area contributed by atoms with Crippen molar-refractivity contribution in [3.63, 3.8) is 0 Å². The van der Waals surface area contributed by atoms with E-state index in [2.05, 4.69) is 10.6 Å². The third kappa shape index (κ3) is 4.24. The van der Waals surface area contributed by atoms with Crippen molar-refractivity contribution >= 4 is 17.6 Å². The Morgan fingerprint density at radius 2 is 1.59 bits per heavy atom. The molecule has 3 amide bonds. The number of ether oxygens (including phenoxy) is 1. The highest BCUT2D eigenvalue weighted by atomic mass is 16.5. The van der Waals surface area contributed by atoms with Gasteiger partial charge in [0.25, 0.3) is 5.91 Å². The van der Waals surface area contributed by atoms with Crippen LogP contribution in [-0.4, -0.2) is 41.0 Å². The topological polar surface area (TPSA) is 75.6 Å². The van der Waals surface area contributed by atoms with Crippen molar-refractivity contribution in [1.29, 1.82) is 0 Å². The standard InChI is InChI=1S/C22H22N4O3/c1-25-21(27)20(24-22(25)28)12-13-23-16-4-8-18(9-5-16)29-19-10-6-17(7-11-19)26-14-2-3-15-26/h2-11,14-15,20,23H,12-13H2,1H3,(H,24,28). The van der Waals surface area contributed by atoms with Gasteiger partial charge in [-0.3, -0.25) is 9.69 Å². The maximum absolute atomic E-state index is 11.9. The number of nitrogens with zero attached hydrogens (tertiary/aromatic N) is 2. The van der Waals surface area contributed by atoms with Crippen LogP contribution in [0.1, 0.15) is 6.42 Å². The minimum absolute atomic E-state index is 0.191. The van der Waals surface area contributed by atoms with Crippen molar-refractivity contribution in [3.8, 4) is 17.2 Å². The van der Waals surface area contributed by atoms with E-state index < -0.39 is 6.04 Å². The normalized spacial score (nSPS) is 16.0. The summed E-state index contributed by atoms with van der Waals surface area (Å²) in [6.07, 6.45) is 4.52. The number of urea groups is 1. The number of likely N-dealkylation sites (N-methyl/N-ethyl adjacent to an activating group) is 1. The van der Waals surface area contributed by atoms with Crippen molar-refractivity contribution in [2.45, 2.75) is 12.5 Å². The Kier molecular flexibility index (Phi) is 5.20. The molecule has 148 valence electrons. The van der Waals surface area contributed by atoms with Gasteiger partial charge < -0.3 is 19.9 Å². The molecule has 7 nitrogen and oxygen atoms in total. The van der Waals surface area contributed by atoms with E-state index in [0.29, 0.717) is 13.0 Å². The number of amides is 3. The molecule has 1 aliphatic heterocycles. The minimum Gasteiger partial charge on any atom is -0.457 e. The highest BCUT2D eigenvalue weighted by Gasteiger charge is 2.34. The van der Waals surface area contributed by atoms with E-state index >= 15 is 0 Å². The van der Waals surface area contributed by atoms with Gasteiger partial charge in [-0.2, -0.15) is 0 Å². The monoisotopic (exact) mass is 390 g/mol. The smallest absolute Gasteiger partial charge is 0.324 e. The number of carbonyl (C=O) groups is 2. The van der Waals surface area contributed by atoms with Crippen LogP contribution in [0, 0.1) is 0 Å². The Morgan fingerprint density at radius 1 is 0.966 bits per heavy atom. The molecule has 1 saturated heterocycles. The lowest BCUT2D eigenvalue weighted by molar-refractivity contribution is -0.126. The van der Waals surface area contributed by atoms with Crippen LogP contribution >= 0.6 is 0 Å². The second-order valence-electron chi connectivity index (χ2n) is 6.83. The molecular weight excluding hydrogens is 368 g/mol. The molecule has 29 heavy (non-hydrogen) atoms. The summed E-state index contributed by atoms with van der Waals surface area (Å²) < 4.78 is 7.93. The molecule has 2 N–H and O–H groups in total. The third-order valence-electron chi connectivity index (χ3n) is 4.82. The summed E-state index contributed by atoms with van der Waals surface area (Å²) in [5, 5.41) is 5.92. The second kappa shape index (κ2) is 8.10.